The predicted molar refractivity (Wildman–Crippen MR) is 242 cm³/mol. The van der Waals surface area contributed by atoms with E-state index in [-0.39, 0.29) is 23.7 Å². The molecule has 2 unspecified atom stereocenters. The Morgan fingerprint density at radius 2 is 1.45 bits per heavy atom. The fraction of sp³-hybridized carbons (Fsp3) is 0.306. The number of rotatable bonds is 11. The van der Waals surface area contributed by atoms with E-state index in [1.807, 2.05) is 105 Å². The number of anilines is 1. The first-order valence-corrected chi connectivity index (χ1v) is 22.9. The molecule has 0 aliphatic heterocycles. The van der Waals surface area contributed by atoms with Crippen LogP contribution in [0.15, 0.2) is 127 Å². The molecule has 6 aromatic rings. The first-order valence-electron chi connectivity index (χ1n) is 20.6. The Labute approximate surface area is 358 Å². The lowest BCUT2D eigenvalue weighted by molar-refractivity contribution is -0.526. The van der Waals surface area contributed by atoms with Gasteiger partial charge in [-0.15, -0.1) is 0 Å². The van der Waals surface area contributed by atoms with Crippen LogP contribution < -0.4 is 20.3 Å². The minimum absolute atomic E-state index is 0.0707. The topological polar surface area (TPSA) is 106 Å². The van der Waals surface area contributed by atoms with E-state index in [1.54, 1.807) is 6.33 Å². The molecule has 0 radical (unpaired) electrons. The SMILES string of the molecule is CCc1c(Cl)c2[nH]cnc2[n+](C=C2CCC(O[Si](c3ccccc3)(c3ccccc3)C(C)(C)C)C2COC(=O)c2ccc(-c3ccccc3)cc2)c1NC(=O)OC(C)(C)C. The van der Waals surface area contributed by atoms with Gasteiger partial charge in [-0.25, -0.2) is 19.5 Å². The zero-order valence-electron chi connectivity index (χ0n) is 35.4. The van der Waals surface area contributed by atoms with Gasteiger partial charge in [-0.1, -0.05) is 147 Å². The number of fused-ring (bicyclic) bond motifs is 1. The van der Waals surface area contributed by atoms with Crippen LogP contribution in [-0.2, 0) is 20.3 Å². The molecule has 9 nitrogen and oxygen atoms in total. The summed E-state index contributed by atoms with van der Waals surface area (Å²) in [6.07, 6.45) is 4.50. The number of benzene rings is 4. The minimum Gasteiger partial charge on any atom is -0.461 e. The van der Waals surface area contributed by atoms with E-state index in [9.17, 15) is 9.59 Å². The number of H-pyrrole nitrogens is 1. The molecule has 11 heteroatoms. The lowest BCUT2D eigenvalue weighted by Gasteiger charge is -2.45. The second-order valence-electron chi connectivity index (χ2n) is 17.3. The van der Waals surface area contributed by atoms with E-state index in [1.165, 1.54) is 0 Å². The number of halogens is 1. The monoisotopic (exact) mass is 841 g/mol. The summed E-state index contributed by atoms with van der Waals surface area (Å²) < 4.78 is 21.6. The van der Waals surface area contributed by atoms with Gasteiger partial charge in [-0.3, -0.25) is 0 Å². The van der Waals surface area contributed by atoms with Crippen molar-refractivity contribution >= 4 is 65.5 Å². The van der Waals surface area contributed by atoms with Crippen molar-refractivity contribution in [2.45, 2.75) is 84.5 Å². The van der Waals surface area contributed by atoms with E-state index in [0.29, 0.717) is 46.8 Å². The summed E-state index contributed by atoms with van der Waals surface area (Å²) in [4.78, 5) is 35.2. The van der Waals surface area contributed by atoms with Crippen molar-refractivity contribution in [3.8, 4) is 11.1 Å². The smallest absolute Gasteiger partial charge is 0.461 e. The quantitative estimate of drug-likeness (QED) is 0.0765. The Morgan fingerprint density at radius 1 is 0.867 bits per heavy atom. The van der Waals surface area contributed by atoms with Gasteiger partial charge in [-0.05, 0) is 84.3 Å². The predicted octanol–water partition coefficient (Wildman–Crippen LogP) is 10.1. The molecular formula is C49H54ClN4O5Si+. The third-order valence-electron chi connectivity index (χ3n) is 11.1. The molecule has 310 valence electrons. The molecule has 1 saturated carbocycles. The van der Waals surface area contributed by atoms with Gasteiger partial charge in [0.1, 0.15) is 17.7 Å². The van der Waals surface area contributed by atoms with E-state index in [2.05, 4.69) is 84.6 Å². The standard InChI is InChI=1S/C49H53ClN4O5Si/c1-8-39-42(50)43-45(52-32-51-43)54(44(39)53-47(56)58-48(2,3)4)30-36-28-29-41(40(36)31-57-46(55)35-26-24-34(25-27-35)33-18-12-9-13-19-33)59-60(49(5,6)7,37-20-14-10-15-21-37)38-22-16-11-17-23-38/h9-27,30,32,40-41H,8,28-29,31H2,1-7H3,(H,51,52,53,56)/p+1. The van der Waals surface area contributed by atoms with Crippen LogP contribution >= 0.6 is 11.6 Å². The van der Waals surface area contributed by atoms with Gasteiger partial charge in [0.15, 0.2) is 6.33 Å². The largest absolute Gasteiger partial charge is 0.474 e. The van der Waals surface area contributed by atoms with Crippen molar-refractivity contribution < 1.29 is 28.1 Å². The molecule has 1 aliphatic rings. The summed E-state index contributed by atoms with van der Waals surface area (Å²) in [7, 11) is -3.03. The van der Waals surface area contributed by atoms with Crippen molar-refractivity contribution in [3.05, 3.63) is 143 Å². The minimum atomic E-state index is -3.03. The summed E-state index contributed by atoms with van der Waals surface area (Å²) in [6, 6.07) is 38.7. The van der Waals surface area contributed by atoms with Crippen molar-refractivity contribution in [3.63, 3.8) is 0 Å². The lowest BCUT2D eigenvalue weighted by atomic mass is 10.0. The van der Waals surface area contributed by atoms with Crippen LogP contribution in [0, 0.1) is 5.92 Å². The Hall–Kier alpha value is -5.55. The average Bonchev–Trinajstić information content (AvgIpc) is 3.88. The van der Waals surface area contributed by atoms with Crippen molar-refractivity contribution in [2.75, 3.05) is 11.9 Å². The first kappa shape index (κ1) is 42.6. The number of nitrogens with zero attached hydrogens (tertiary/aromatic N) is 2. The molecule has 1 aliphatic carbocycles. The number of aromatic amines is 1. The van der Waals surface area contributed by atoms with Gasteiger partial charge < -0.3 is 18.9 Å². The van der Waals surface area contributed by atoms with E-state index >= 15 is 0 Å². The van der Waals surface area contributed by atoms with E-state index in [4.69, 9.17) is 25.5 Å². The number of nitrogens with one attached hydrogen (secondary N) is 2. The van der Waals surface area contributed by atoms with Gasteiger partial charge in [0, 0.05) is 11.5 Å². The number of imidazole rings is 1. The molecule has 2 heterocycles. The van der Waals surface area contributed by atoms with Crippen LogP contribution in [-0.4, -0.2) is 48.7 Å². The molecule has 0 spiro atoms. The van der Waals surface area contributed by atoms with Crippen LogP contribution in [0.25, 0.3) is 28.5 Å². The highest BCUT2D eigenvalue weighted by atomic mass is 35.5. The fourth-order valence-corrected chi connectivity index (χ4v) is 13.4. The number of ether oxygens (including phenoxy) is 2. The zero-order chi connectivity index (χ0) is 42.7. The van der Waals surface area contributed by atoms with E-state index in [0.717, 1.165) is 32.6 Å². The highest BCUT2D eigenvalue weighted by Crippen LogP contribution is 2.43. The van der Waals surface area contributed by atoms with Crippen LogP contribution in [0.5, 0.6) is 0 Å². The number of hydrogen-bond acceptors (Lipinski definition) is 6. The normalized spacial score (nSPS) is 16.6. The molecule has 0 saturated heterocycles. The van der Waals surface area contributed by atoms with Gasteiger partial charge >= 0.3 is 12.1 Å². The summed E-state index contributed by atoms with van der Waals surface area (Å²) in [6.45, 7) is 14.3. The molecule has 2 atom stereocenters. The van der Waals surface area contributed by atoms with Gasteiger partial charge in [0.2, 0.25) is 5.82 Å². The molecule has 7 rings (SSSR count). The Morgan fingerprint density at radius 3 is 2.02 bits per heavy atom. The number of carbonyl (C=O) groups excluding carboxylic acids is 2. The van der Waals surface area contributed by atoms with Crippen molar-refractivity contribution in [1.82, 2.24) is 9.97 Å². The molecular weight excluding hydrogens is 788 g/mol. The summed E-state index contributed by atoms with van der Waals surface area (Å²) in [5.74, 6) is -0.315. The average molecular weight is 843 g/mol. The number of pyridine rings is 1. The van der Waals surface area contributed by atoms with Gasteiger partial charge in [-0.2, -0.15) is 0 Å². The summed E-state index contributed by atoms with van der Waals surface area (Å²) in [5, 5.41) is 5.52. The summed E-state index contributed by atoms with van der Waals surface area (Å²) in [5.41, 5.74) is 4.68. The molecule has 2 aromatic heterocycles. The number of hydrogen-bond donors (Lipinski definition) is 2. The molecule has 4 aromatic carbocycles. The van der Waals surface area contributed by atoms with E-state index < -0.39 is 26.0 Å². The second-order valence-corrected chi connectivity index (χ2v) is 21.9. The third kappa shape index (κ3) is 8.82. The molecule has 1 fully saturated rings. The summed E-state index contributed by atoms with van der Waals surface area (Å²) >= 11 is 6.99. The fourth-order valence-electron chi connectivity index (χ4n) is 8.33. The lowest BCUT2D eigenvalue weighted by Crippen LogP contribution is -2.68. The Kier molecular flexibility index (Phi) is 12.5. The van der Waals surface area contributed by atoms with Gasteiger partial charge in [0.05, 0.1) is 22.9 Å². The maximum absolute atomic E-state index is 13.9. The Balaban J connectivity index is 1.33. The number of amides is 1. The second kappa shape index (κ2) is 17.6. The maximum Gasteiger partial charge on any atom is 0.474 e. The van der Waals surface area contributed by atoms with Gasteiger partial charge in [0.25, 0.3) is 14.0 Å². The van der Waals surface area contributed by atoms with Crippen LogP contribution in [0.1, 0.15) is 77.2 Å². The highest BCUT2D eigenvalue weighted by Gasteiger charge is 2.53. The van der Waals surface area contributed by atoms with Crippen molar-refractivity contribution in [2.24, 2.45) is 5.92 Å². The van der Waals surface area contributed by atoms with Crippen molar-refractivity contribution in [1.29, 1.82) is 0 Å². The molecule has 0 bridgehead atoms. The van der Waals surface area contributed by atoms with Crippen LogP contribution in [0.2, 0.25) is 10.1 Å². The zero-order valence-corrected chi connectivity index (χ0v) is 37.2. The maximum atomic E-state index is 13.9. The molecule has 2 N–H and O–H groups in total. The third-order valence-corrected chi connectivity index (χ3v) is 16.6. The van der Waals surface area contributed by atoms with Crippen LogP contribution in [0.4, 0.5) is 10.6 Å². The number of esters is 1. The number of aromatic nitrogens is 3. The number of carbonyl (C=O) groups is 2. The molecule has 1 amide bonds. The highest BCUT2D eigenvalue weighted by molar-refractivity contribution is 6.99. The molecule has 60 heavy (non-hydrogen) atoms. The van der Waals surface area contributed by atoms with Crippen LogP contribution in [0.3, 0.4) is 0 Å². The Bertz CT molecular complexity index is 2440. The first-order chi connectivity index (χ1) is 28.7.